The second-order valence-electron chi connectivity index (χ2n) is 4.29. The second kappa shape index (κ2) is 5.92. The van der Waals surface area contributed by atoms with Crippen LogP contribution >= 0.6 is 0 Å². The molecule has 0 unspecified atom stereocenters. The first-order valence-electron chi connectivity index (χ1n) is 6.26. The third-order valence-corrected chi connectivity index (χ3v) is 4.09. The third-order valence-electron chi connectivity index (χ3n) is 2.71. The van der Waals surface area contributed by atoms with Gasteiger partial charge in [0, 0.05) is 6.07 Å². The molecule has 2 rings (SSSR count). The first-order chi connectivity index (χ1) is 9.92. The fraction of sp³-hybridized carbons (Fsp3) is 0.143. The van der Waals surface area contributed by atoms with Crippen LogP contribution in [0.4, 0.5) is 11.4 Å². The van der Waals surface area contributed by atoms with Crippen LogP contribution in [0.5, 0.6) is 11.5 Å². The van der Waals surface area contributed by atoms with Crippen LogP contribution in [0.15, 0.2) is 47.4 Å². The van der Waals surface area contributed by atoms with Gasteiger partial charge in [-0.05, 0) is 37.3 Å². The van der Waals surface area contributed by atoms with Crippen molar-refractivity contribution >= 4 is 21.4 Å². The molecule has 6 nitrogen and oxygen atoms in total. The topological polar surface area (TPSA) is 102 Å². The molecule has 7 heteroatoms. The molecule has 0 saturated carbocycles. The molecule has 2 aromatic carbocycles. The number of ether oxygens (including phenoxy) is 1. The highest BCUT2D eigenvalue weighted by Crippen LogP contribution is 2.25. The maximum atomic E-state index is 12.2. The molecular weight excluding hydrogens is 292 g/mol. The van der Waals surface area contributed by atoms with Gasteiger partial charge in [-0.2, -0.15) is 0 Å². The van der Waals surface area contributed by atoms with Gasteiger partial charge in [-0.15, -0.1) is 0 Å². The van der Waals surface area contributed by atoms with Gasteiger partial charge in [0.15, 0.2) is 0 Å². The average molecular weight is 308 g/mol. The highest BCUT2D eigenvalue weighted by Gasteiger charge is 2.15. The van der Waals surface area contributed by atoms with E-state index in [4.69, 9.17) is 10.5 Å². The summed E-state index contributed by atoms with van der Waals surface area (Å²) in [4.78, 5) is -0.0281. The van der Waals surface area contributed by atoms with Gasteiger partial charge in [-0.3, -0.25) is 4.72 Å². The molecule has 0 aromatic heterocycles. The number of sulfonamides is 1. The van der Waals surface area contributed by atoms with Crippen molar-refractivity contribution in [3.63, 3.8) is 0 Å². The predicted octanol–water partition coefficient (Wildman–Crippen LogP) is 2.17. The van der Waals surface area contributed by atoms with Crippen LogP contribution in [0.2, 0.25) is 0 Å². The maximum Gasteiger partial charge on any atom is 0.261 e. The highest BCUT2D eigenvalue weighted by atomic mass is 32.2. The highest BCUT2D eigenvalue weighted by molar-refractivity contribution is 7.92. The van der Waals surface area contributed by atoms with Crippen molar-refractivity contribution in [2.45, 2.75) is 11.8 Å². The monoisotopic (exact) mass is 308 g/mol. The van der Waals surface area contributed by atoms with E-state index in [1.807, 2.05) is 6.92 Å². The lowest BCUT2D eigenvalue weighted by Gasteiger charge is -2.10. The Balaban J connectivity index is 2.28. The molecule has 0 atom stereocenters. The summed E-state index contributed by atoms with van der Waals surface area (Å²) in [7, 11) is -3.78. The number of phenolic OH excluding ortho intramolecular Hbond substituents is 1. The number of nitrogens with two attached hydrogens (primary N) is 1. The lowest BCUT2D eigenvalue weighted by atomic mass is 10.3. The second-order valence-corrected chi connectivity index (χ2v) is 5.97. The minimum absolute atomic E-state index is 0.000872. The van der Waals surface area contributed by atoms with Crippen molar-refractivity contribution in [2.24, 2.45) is 0 Å². The van der Waals surface area contributed by atoms with E-state index in [2.05, 4.69) is 4.72 Å². The zero-order valence-corrected chi connectivity index (χ0v) is 12.2. The normalized spacial score (nSPS) is 11.1. The summed E-state index contributed by atoms with van der Waals surface area (Å²) in [6.07, 6.45) is 0. The quantitative estimate of drug-likeness (QED) is 0.580. The van der Waals surface area contributed by atoms with Crippen molar-refractivity contribution in [1.29, 1.82) is 0 Å². The Morgan fingerprint density at radius 2 is 2.00 bits per heavy atom. The summed E-state index contributed by atoms with van der Waals surface area (Å²) in [5.74, 6) is 0.412. The Labute approximate surface area is 123 Å². The van der Waals surface area contributed by atoms with Crippen LogP contribution in [0.25, 0.3) is 0 Å². The summed E-state index contributed by atoms with van der Waals surface area (Å²) in [5.41, 5.74) is 5.90. The summed E-state index contributed by atoms with van der Waals surface area (Å²) in [5, 5.41) is 9.34. The molecule has 4 N–H and O–H groups in total. The van der Waals surface area contributed by atoms with E-state index in [-0.39, 0.29) is 16.3 Å². The van der Waals surface area contributed by atoms with E-state index in [0.29, 0.717) is 18.0 Å². The van der Waals surface area contributed by atoms with Gasteiger partial charge in [-0.1, -0.05) is 6.07 Å². The maximum absolute atomic E-state index is 12.2. The number of nitrogens with one attached hydrogen (secondary N) is 1. The third kappa shape index (κ3) is 3.57. The number of hydrogen-bond donors (Lipinski definition) is 3. The molecule has 0 amide bonds. The van der Waals surface area contributed by atoms with Gasteiger partial charge in [-0.25, -0.2) is 8.42 Å². The minimum Gasteiger partial charge on any atom is -0.506 e. The molecule has 112 valence electrons. The number of aromatic hydroxyl groups is 1. The molecule has 0 aliphatic heterocycles. The van der Waals surface area contributed by atoms with Gasteiger partial charge < -0.3 is 15.6 Å². The van der Waals surface area contributed by atoms with Gasteiger partial charge in [0.2, 0.25) is 0 Å². The molecule has 0 saturated heterocycles. The van der Waals surface area contributed by atoms with Crippen LogP contribution in [0.1, 0.15) is 6.92 Å². The van der Waals surface area contributed by atoms with Crippen LogP contribution in [0.3, 0.4) is 0 Å². The van der Waals surface area contributed by atoms with E-state index in [0.717, 1.165) is 0 Å². The van der Waals surface area contributed by atoms with Crippen LogP contribution in [-0.2, 0) is 10.0 Å². The Bertz CT molecular complexity index is 744. The van der Waals surface area contributed by atoms with Crippen LogP contribution in [0, 0.1) is 0 Å². The van der Waals surface area contributed by atoms with Crippen molar-refractivity contribution < 1.29 is 18.3 Å². The SMILES string of the molecule is CCOc1cccc(NS(=O)(=O)c2ccc(O)c(N)c2)c1. The van der Waals surface area contributed by atoms with Gasteiger partial charge in [0.25, 0.3) is 10.0 Å². The van der Waals surface area contributed by atoms with E-state index in [9.17, 15) is 13.5 Å². The van der Waals surface area contributed by atoms with Gasteiger partial charge in [0.05, 0.1) is 22.9 Å². The molecule has 0 aliphatic rings. The zero-order valence-electron chi connectivity index (χ0n) is 11.4. The van der Waals surface area contributed by atoms with Crippen molar-refractivity contribution in [2.75, 3.05) is 17.1 Å². The summed E-state index contributed by atoms with van der Waals surface area (Å²) in [6, 6.07) is 10.3. The number of benzene rings is 2. The van der Waals surface area contributed by atoms with Gasteiger partial charge >= 0.3 is 0 Å². The van der Waals surface area contributed by atoms with E-state index < -0.39 is 10.0 Å². The Hall–Kier alpha value is -2.41. The summed E-state index contributed by atoms with van der Waals surface area (Å²) in [6.45, 7) is 2.33. The number of hydrogen-bond acceptors (Lipinski definition) is 5. The van der Waals surface area contributed by atoms with E-state index >= 15 is 0 Å². The fourth-order valence-corrected chi connectivity index (χ4v) is 2.81. The van der Waals surface area contributed by atoms with Crippen LogP contribution < -0.4 is 15.2 Å². The van der Waals surface area contributed by atoms with E-state index in [1.54, 1.807) is 24.3 Å². The Kier molecular flexibility index (Phi) is 4.23. The van der Waals surface area contributed by atoms with Crippen molar-refractivity contribution in [3.05, 3.63) is 42.5 Å². The predicted molar refractivity (Wildman–Crippen MR) is 80.9 cm³/mol. The lowest BCUT2D eigenvalue weighted by Crippen LogP contribution is -2.13. The molecule has 0 fully saturated rings. The fourth-order valence-electron chi connectivity index (χ4n) is 1.73. The first kappa shape index (κ1) is 15.0. The molecule has 0 spiro atoms. The molecule has 0 radical (unpaired) electrons. The molecule has 0 heterocycles. The first-order valence-corrected chi connectivity index (χ1v) is 7.75. The number of nitrogen functional groups attached to an aromatic ring is 1. The minimum atomic E-state index is -3.78. The van der Waals surface area contributed by atoms with Gasteiger partial charge in [0.1, 0.15) is 11.5 Å². The number of anilines is 2. The number of phenols is 1. The molecule has 2 aromatic rings. The van der Waals surface area contributed by atoms with Crippen molar-refractivity contribution in [1.82, 2.24) is 0 Å². The Morgan fingerprint density at radius 3 is 2.67 bits per heavy atom. The molecule has 21 heavy (non-hydrogen) atoms. The van der Waals surface area contributed by atoms with Crippen molar-refractivity contribution in [3.8, 4) is 11.5 Å². The molecule has 0 bridgehead atoms. The Morgan fingerprint density at radius 1 is 1.24 bits per heavy atom. The molecule has 0 aliphatic carbocycles. The smallest absolute Gasteiger partial charge is 0.261 e. The number of rotatable bonds is 5. The standard InChI is InChI=1S/C14H16N2O4S/c1-2-20-11-5-3-4-10(8-11)16-21(18,19)12-6-7-14(17)13(15)9-12/h3-9,16-17H,2,15H2,1H3. The zero-order chi connectivity index (χ0) is 15.5. The summed E-state index contributed by atoms with van der Waals surface area (Å²) < 4.78 is 32.2. The molecular formula is C14H16N2O4S. The summed E-state index contributed by atoms with van der Waals surface area (Å²) >= 11 is 0. The average Bonchev–Trinajstić information content (AvgIpc) is 2.42. The van der Waals surface area contributed by atoms with E-state index in [1.165, 1.54) is 18.2 Å². The lowest BCUT2D eigenvalue weighted by molar-refractivity contribution is 0.340. The van der Waals surface area contributed by atoms with Crippen LogP contribution in [-0.4, -0.2) is 20.1 Å². The largest absolute Gasteiger partial charge is 0.506 e.